The molecule has 3 fully saturated rings. The van der Waals surface area contributed by atoms with Crippen LogP contribution in [0.1, 0.15) is 31.2 Å². The molecule has 10 nitrogen and oxygen atoms in total. The molecule has 6 rings (SSSR count). The van der Waals surface area contributed by atoms with Crippen LogP contribution in [-0.2, 0) is 19.2 Å². The monoisotopic (exact) mass is 690 g/mol. The van der Waals surface area contributed by atoms with Gasteiger partial charge in [-0.05, 0) is 61.0 Å². The van der Waals surface area contributed by atoms with E-state index in [9.17, 15) is 34.3 Å². The number of carbonyl (C=O) groups excluding carboxylic acids is 4. The Bertz CT molecular complexity index is 1610. The van der Waals surface area contributed by atoms with Crippen LogP contribution in [0.3, 0.4) is 0 Å². The largest absolute Gasteiger partial charge is 0.504 e. The summed E-state index contributed by atoms with van der Waals surface area (Å²) in [5.41, 5.74) is 1.20. The molecule has 0 radical (unpaired) electrons. The number of phenols is 1. The average Bonchev–Trinajstić information content (AvgIpc) is 3.32. The Balaban J connectivity index is 1.50. The fourth-order valence-corrected chi connectivity index (χ4v) is 8.61. The van der Waals surface area contributed by atoms with E-state index in [0.717, 1.165) is 9.80 Å². The van der Waals surface area contributed by atoms with E-state index >= 15 is 0 Å². The molecule has 0 bridgehead atoms. The average molecular weight is 692 g/mol. The van der Waals surface area contributed by atoms with E-state index in [1.165, 1.54) is 30.3 Å². The van der Waals surface area contributed by atoms with Crippen LogP contribution in [0.2, 0.25) is 0 Å². The molecule has 2 heterocycles. The number of allylic oxidation sites excluding steroid dienone is 2. The van der Waals surface area contributed by atoms with Gasteiger partial charge < -0.3 is 19.9 Å². The van der Waals surface area contributed by atoms with Crippen LogP contribution in [0.15, 0.2) is 54.1 Å². The number of benzene rings is 2. The molecule has 6 unspecified atom stereocenters. The van der Waals surface area contributed by atoms with E-state index in [4.69, 9.17) is 27.9 Å². The summed E-state index contributed by atoms with van der Waals surface area (Å²) < 4.78 is 5.60. The van der Waals surface area contributed by atoms with Gasteiger partial charge in [0.1, 0.15) is 0 Å². The highest BCUT2D eigenvalue weighted by Crippen LogP contribution is 2.65. The molecule has 0 aromatic heterocycles. The molecule has 224 valence electrons. The van der Waals surface area contributed by atoms with Gasteiger partial charge in [0.05, 0.1) is 29.6 Å². The first-order chi connectivity index (χ1) is 20.4. The summed E-state index contributed by atoms with van der Waals surface area (Å²) in [5, 5.41) is 29.7. The van der Waals surface area contributed by atoms with Gasteiger partial charge in [0.2, 0.25) is 11.8 Å². The normalized spacial score (nSPS) is 31.5. The van der Waals surface area contributed by atoms with Crippen molar-refractivity contribution in [2.24, 2.45) is 17.8 Å². The minimum Gasteiger partial charge on any atom is -0.504 e. The summed E-state index contributed by atoms with van der Waals surface area (Å²) in [7, 11) is -1.80. The van der Waals surface area contributed by atoms with Gasteiger partial charge in [-0.3, -0.25) is 29.0 Å². The molecule has 0 spiro atoms. The van der Waals surface area contributed by atoms with Crippen LogP contribution in [0.5, 0.6) is 11.5 Å². The number of nitrogens with zero attached hydrogens (tertiary/aromatic N) is 2. The Labute approximate surface area is 265 Å². The summed E-state index contributed by atoms with van der Waals surface area (Å²) in [6.07, 6.45) is 1.80. The SMILES string of the molecule is CCOc1cc(C2C3=CCC4C(=O)N(c5cccc(B(O)O)c5)C(=O)C4C3CC3(Cl)C(=O)N(CBr)C(=O)C23Cl)ccc1O. The Kier molecular flexibility index (Phi) is 7.45. The summed E-state index contributed by atoms with van der Waals surface area (Å²) >= 11 is 17.7. The lowest BCUT2D eigenvalue weighted by Gasteiger charge is -2.50. The molecule has 2 saturated heterocycles. The van der Waals surface area contributed by atoms with Crippen molar-refractivity contribution in [2.45, 2.75) is 35.4 Å². The van der Waals surface area contributed by atoms with Crippen molar-refractivity contribution in [3.8, 4) is 11.5 Å². The molecule has 2 aromatic carbocycles. The number of likely N-dealkylation sites (tertiary alicyclic amines) is 1. The first-order valence-corrected chi connectivity index (χ1v) is 15.6. The van der Waals surface area contributed by atoms with Crippen molar-refractivity contribution in [3.05, 3.63) is 59.7 Å². The van der Waals surface area contributed by atoms with E-state index in [-0.39, 0.29) is 47.6 Å². The van der Waals surface area contributed by atoms with Gasteiger partial charge in [-0.2, -0.15) is 0 Å². The van der Waals surface area contributed by atoms with Gasteiger partial charge in [-0.15, -0.1) is 23.2 Å². The second kappa shape index (κ2) is 10.6. The molecular weight excluding hydrogens is 666 g/mol. The third-order valence-electron chi connectivity index (χ3n) is 9.06. The lowest BCUT2D eigenvalue weighted by Crippen LogP contribution is -2.60. The number of anilines is 1. The van der Waals surface area contributed by atoms with Crippen molar-refractivity contribution in [1.82, 2.24) is 4.90 Å². The van der Waals surface area contributed by atoms with Gasteiger partial charge in [0.25, 0.3) is 11.8 Å². The van der Waals surface area contributed by atoms with Crippen molar-refractivity contribution >= 4 is 81.0 Å². The zero-order valence-electron chi connectivity index (χ0n) is 22.7. The number of phenolic OH excluding ortho intramolecular Hbond substituents is 1. The van der Waals surface area contributed by atoms with E-state index < -0.39 is 64.2 Å². The summed E-state index contributed by atoms with van der Waals surface area (Å²) in [6.45, 7) is 2.00. The first kappa shape index (κ1) is 30.1. The Morgan fingerprint density at radius 1 is 1.05 bits per heavy atom. The minimum absolute atomic E-state index is 0.110. The fraction of sp³-hybridized carbons (Fsp3) is 0.379. The van der Waals surface area contributed by atoms with Crippen LogP contribution in [0.25, 0.3) is 0 Å². The second-order valence-electron chi connectivity index (χ2n) is 11.1. The number of halogens is 3. The van der Waals surface area contributed by atoms with Crippen molar-refractivity contribution in [3.63, 3.8) is 0 Å². The fourth-order valence-electron chi connectivity index (χ4n) is 7.19. The Morgan fingerprint density at radius 3 is 2.47 bits per heavy atom. The molecular formula is C29H26BBrCl2N2O8. The number of amides is 4. The Morgan fingerprint density at radius 2 is 1.79 bits per heavy atom. The standard InChI is InChI=1S/C29H26BBrCl2N2O8/c1-2-43-21-10-14(6-9-20(21)36)23-17-7-8-18-22(19(17)12-28(32)26(39)34(13-31)27(40)29(23,28)33)25(38)35(24(18)37)16-5-3-4-15(11-16)30(41)42/h3-7,9-11,18-19,22-23,36,41-42H,2,8,12-13H2,1H3. The van der Waals surface area contributed by atoms with E-state index in [1.54, 1.807) is 25.1 Å². The minimum atomic E-state index is -1.98. The first-order valence-electron chi connectivity index (χ1n) is 13.7. The third kappa shape index (κ3) is 4.14. The molecule has 2 aromatic rings. The molecule has 43 heavy (non-hydrogen) atoms. The number of carbonyl (C=O) groups is 4. The van der Waals surface area contributed by atoms with Gasteiger partial charge >= 0.3 is 7.12 Å². The number of hydrogen-bond donors (Lipinski definition) is 3. The van der Waals surface area contributed by atoms with Crippen molar-refractivity contribution in [1.29, 1.82) is 0 Å². The quantitative estimate of drug-likeness (QED) is 0.138. The predicted molar refractivity (Wildman–Crippen MR) is 161 cm³/mol. The maximum Gasteiger partial charge on any atom is 0.488 e. The van der Waals surface area contributed by atoms with Gasteiger partial charge in [-0.1, -0.05) is 45.8 Å². The van der Waals surface area contributed by atoms with E-state index in [2.05, 4.69) is 15.9 Å². The molecule has 14 heteroatoms. The molecule has 4 aliphatic rings. The number of imide groups is 2. The van der Waals surface area contributed by atoms with E-state index in [1.807, 2.05) is 0 Å². The maximum absolute atomic E-state index is 14.1. The van der Waals surface area contributed by atoms with Crippen LogP contribution in [0, 0.1) is 17.8 Å². The third-order valence-corrected chi connectivity index (χ3v) is 11.0. The number of ether oxygens (including phenoxy) is 1. The van der Waals surface area contributed by atoms with Crippen LogP contribution < -0.4 is 15.1 Å². The topological polar surface area (TPSA) is 145 Å². The molecule has 1 saturated carbocycles. The van der Waals surface area contributed by atoms with Crippen LogP contribution in [0.4, 0.5) is 5.69 Å². The highest BCUT2D eigenvalue weighted by molar-refractivity contribution is 9.09. The molecule has 3 N–H and O–H groups in total. The number of hydrogen-bond acceptors (Lipinski definition) is 8. The van der Waals surface area contributed by atoms with E-state index in [0.29, 0.717) is 11.1 Å². The zero-order chi connectivity index (χ0) is 31.0. The van der Waals surface area contributed by atoms with Gasteiger partial charge in [0.15, 0.2) is 21.2 Å². The lowest BCUT2D eigenvalue weighted by molar-refractivity contribution is -0.138. The number of aromatic hydroxyl groups is 1. The molecule has 4 amide bonds. The maximum atomic E-state index is 14.1. The zero-order valence-corrected chi connectivity index (χ0v) is 25.8. The molecule has 2 aliphatic carbocycles. The van der Waals surface area contributed by atoms with Crippen LogP contribution in [-0.4, -0.2) is 72.6 Å². The highest BCUT2D eigenvalue weighted by Gasteiger charge is 2.76. The highest BCUT2D eigenvalue weighted by atomic mass is 79.9. The summed E-state index contributed by atoms with van der Waals surface area (Å²) in [6, 6.07) is 10.4. The number of rotatable bonds is 6. The number of alkyl halides is 3. The smallest absolute Gasteiger partial charge is 0.488 e. The van der Waals surface area contributed by atoms with Crippen molar-refractivity contribution in [2.75, 3.05) is 17.0 Å². The Hall–Kier alpha value is -2.90. The molecule has 6 atom stereocenters. The number of fused-ring (bicyclic) bond motifs is 4. The predicted octanol–water partition coefficient (Wildman–Crippen LogP) is 2.39. The molecule has 2 aliphatic heterocycles. The lowest BCUT2D eigenvalue weighted by atomic mass is 9.56. The van der Waals surface area contributed by atoms with Crippen molar-refractivity contribution < 1.29 is 39.1 Å². The van der Waals surface area contributed by atoms with Gasteiger partial charge in [-0.25, -0.2) is 0 Å². The second-order valence-corrected chi connectivity index (χ2v) is 12.9. The van der Waals surface area contributed by atoms with Gasteiger partial charge in [0, 0.05) is 5.92 Å². The summed E-state index contributed by atoms with van der Waals surface area (Å²) in [4.78, 5) is 53.5. The van der Waals surface area contributed by atoms with Crippen LogP contribution >= 0.6 is 39.1 Å². The summed E-state index contributed by atoms with van der Waals surface area (Å²) in [5.74, 6) is -5.80.